The lowest BCUT2D eigenvalue weighted by Crippen LogP contribution is -2.54. The Bertz CT molecular complexity index is 588. The molecule has 0 saturated carbocycles. The summed E-state index contributed by atoms with van der Waals surface area (Å²) >= 11 is 0. The van der Waals surface area contributed by atoms with E-state index in [0.29, 0.717) is 6.42 Å². The molecule has 28 heavy (non-hydrogen) atoms. The van der Waals surface area contributed by atoms with Crippen LogP contribution in [0.5, 0.6) is 0 Å². The summed E-state index contributed by atoms with van der Waals surface area (Å²) in [6.07, 6.45) is 0.530. The van der Waals surface area contributed by atoms with Crippen LogP contribution in [0.1, 0.15) is 33.6 Å². The zero-order valence-corrected chi connectivity index (χ0v) is 16.4. The molecule has 0 aromatic carbocycles. The Labute approximate surface area is 163 Å². The Morgan fingerprint density at radius 2 is 1.64 bits per heavy atom. The number of guanidine groups is 1. The molecule has 3 unspecified atom stereocenters. The third-order valence-corrected chi connectivity index (χ3v) is 3.66. The summed E-state index contributed by atoms with van der Waals surface area (Å²) in [4.78, 5) is 51.1. The highest BCUT2D eigenvalue weighted by atomic mass is 16.4. The van der Waals surface area contributed by atoms with Crippen molar-refractivity contribution < 1.29 is 24.3 Å². The van der Waals surface area contributed by atoms with Crippen molar-refractivity contribution in [1.29, 1.82) is 0 Å². The highest BCUT2D eigenvalue weighted by molar-refractivity contribution is 5.92. The maximum absolute atomic E-state index is 12.5. The number of carboxylic acids is 1. The maximum atomic E-state index is 12.5. The zero-order valence-electron chi connectivity index (χ0n) is 16.4. The van der Waals surface area contributed by atoms with Gasteiger partial charge in [0.25, 0.3) is 0 Å². The molecule has 0 aromatic heterocycles. The first kappa shape index (κ1) is 25.1. The van der Waals surface area contributed by atoms with Gasteiger partial charge in [0, 0.05) is 6.54 Å². The number of nitrogens with zero attached hydrogens (tertiary/aromatic N) is 1. The van der Waals surface area contributed by atoms with E-state index in [9.17, 15) is 24.3 Å². The van der Waals surface area contributed by atoms with Gasteiger partial charge in [-0.2, -0.15) is 0 Å². The van der Waals surface area contributed by atoms with E-state index >= 15 is 0 Å². The monoisotopic (exact) mass is 401 g/mol. The number of nitrogens with one attached hydrogen (secondary N) is 3. The number of carbonyl (C=O) groups is 4. The second-order valence-electron chi connectivity index (χ2n) is 6.64. The molecule has 0 bridgehead atoms. The fourth-order valence-corrected chi connectivity index (χ4v) is 2.11. The van der Waals surface area contributed by atoms with Crippen LogP contribution in [-0.4, -0.2) is 66.0 Å². The molecule has 0 aliphatic carbocycles. The third-order valence-electron chi connectivity index (χ3n) is 3.66. The second-order valence-corrected chi connectivity index (χ2v) is 6.64. The Hall–Kier alpha value is -2.89. The van der Waals surface area contributed by atoms with Crippen LogP contribution in [0.15, 0.2) is 4.99 Å². The van der Waals surface area contributed by atoms with E-state index in [1.165, 1.54) is 6.92 Å². The SMILES string of the molecule is CC(N)C(=O)NCC(=O)NC(CCCN=C(N)N)C(=O)NC(C(=O)O)C(C)C. The van der Waals surface area contributed by atoms with Crippen molar-refractivity contribution in [2.45, 2.75) is 51.7 Å². The van der Waals surface area contributed by atoms with Gasteiger partial charge in [0.15, 0.2) is 5.96 Å². The molecular weight excluding hydrogens is 370 g/mol. The molecule has 3 atom stereocenters. The minimum atomic E-state index is -1.18. The summed E-state index contributed by atoms with van der Waals surface area (Å²) in [6.45, 7) is 4.62. The van der Waals surface area contributed by atoms with Gasteiger partial charge in [0.05, 0.1) is 12.6 Å². The van der Waals surface area contributed by atoms with Gasteiger partial charge < -0.3 is 38.3 Å². The van der Waals surface area contributed by atoms with Gasteiger partial charge in [-0.3, -0.25) is 19.4 Å². The van der Waals surface area contributed by atoms with Crippen molar-refractivity contribution in [3.05, 3.63) is 0 Å². The van der Waals surface area contributed by atoms with Crippen molar-refractivity contribution in [3.63, 3.8) is 0 Å². The molecule has 0 heterocycles. The van der Waals surface area contributed by atoms with E-state index in [2.05, 4.69) is 20.9 Å². The second kappa shape index (κ2) is 12.5. The first-order valence-electron chi connectivity index (χ1n) is 8.86. The average molecular weight is 401 g/mol. The quantitative estimate of drug-likeness (QED) is 0.103. The van der Waals surface area contributed by atoms with Crippen molar-refractivity contribution in [1.82, 2.24) is 16.0 Å². The van der Waals surface area contributed by atoms with Crippen LogP contribution < -0.4 is 33.2 Å². The molecule has 0 radical (unpaired) electrons. The van der Waals surface area contributed by atoms with Crippen LogP contribution >= 0.6 is 0 Å². The number of hydrogen-bond donors (Lipinski definition) is 7. The van der Waals surface area contributed by atoms with Crippen LogP contribution in [-0.2, 0) is 19.2 Å². The van der Waals surface area contributed by atoms with Crippen molar-refractivity contribution in [2.24, 2.45) is 28.1 Å². The summed E-state index contributed by atoms with van der Waals surface area (Å²) < 4.78 is 0. The van der Waals surface area contributed by atoms with E-state index in [-0.39, 0.29) is 31.4 Å². The number of nitrogens with two attached hydrogens (primary N) is 3. The van der Waals surface area contributed by atoms with Gasteiger partial charge in [0.1, 0.15) is 12.1 Å². The molecule has 0 fully saturated rings. The highest BCUT2D eigenvalue weighted by Crippen LogP contribution is 2.05. The Kier molecular flexibility index (Phi) is 11.2. The Balaban J connectivity index is 4.99. The normalized spacial score (nSPS) is 13.8. The van der Waals surface area contributed by atoms with Gasteiger partial charge in [-0.25, -0.2) is 4.79 Å². The van der Waals surface area contributed by atoms with E-state index in [1.807, 2.05) is 0 Å². The number of carboxylic acid groups (broad SMARTS) is 1. The Morgan fingerprint density at radius 1 is 1.04 bits per heavy atom. The number of rotatable bonds is 12. The maximum Gasteiger partial charge on any atom is 0.326 e. The summed E-state index contributed by atoms with van der Waals surface area (Å²) in [5.41, 5.74) is 15.9. The number of hydrogen-bond acceptors (Lipinski definition) is 6. The molecule has 0 rings (SSSR count). The Morgan fingerprint density at radius 3 is 2.11 bits per heavy atom. The predicted octanol–water partition coefficient (Wildman–Crippen LogP) is -2.79. The molecule has 0 aliphatic heterocycles. The van der Waals surface area contributed by atoms with Crippen molar-refractivity contribution in [2.75, 3.05) is 13.1 Å². The number of amides is 3. The number of aliphatic imine (C=N–C) groups is 1. The molecule has 0 saturated heterocycles. The molecule has 160 valence electrons. The number of aliphatic carboxylic acids is 1. The summed E-state index contributed by atoms with van der Waals surface area (Å²) in [6, 6.07) is -2.91. The van der Waals surface area contributed by atoms with Crippen LogP contribution in [0.2, 0.25) is 0 Å². The first-order valence-corrected chi connectivity index (χ1v) is 8.86. The third kappa shape index (κ3) is 10.3. The lowest BCUT2D eigenvalue weighted by molar-refractivity contribution is -0.143. The van der Waals surface area contributed by atoms with Gasteiger partial charge in [-0.15, -0.1) is 0 Å². The minimum Gasteiger partial charge on any atom is -0.480 e. The summed E-state index contributed by atoms with van der Waals surface area (Å²) in [5.74, 6) is -3.43. The molecule has 0 spiro atoms. The van der Waals surface area contributed by atoms with Gasteiger partial charge in [-0.1, -0.05) is 13.8 Å². The van der Waals surface area contributed by atoms with Gasteiger partial charge >= 0.3 is 5.97 Å². The van der Waals surface area contributed by atoms with E-state index in [0.717, 1.165) is 0 Å². The smallest absolute Gasteiger partial charge is 0.326 e. The van der Waals surface area contributed by atoms with Crippen molar-refractivity contribution in [3.8, 4) is 0 Å². The summed E-state index contributed by atoms with van der Waals surface area (Å²) in [5, 5.41) is 16.4. The standard InChI is InChI=1S/C16H31N7O5/c1-8(2)12(15(27)28)23-14(26)10(5-4-6-20-16(18)19)22-11(24)7-21-13(25)9(3)17/h8-10,12H,4-7,17H2,1-3H3,(H,21,25)(H,22,24)(H,23,26)(H,27,28)(H4,18,19,20). The first-order chi connectivity index (χ1) is 13.0. The predicted molar refractivity (Wildman–Crippen MR) is 103 cm³/mol. The largest absolute Gasteiger partial charge is 0.480 e. The molecule has 0 aliphatic rings. The fourth-order valence-electron chi connectivity index (χ4n) is 2.11. The van der Waals surface area contributed by atoms with Crippen LogP contribution in [0.25, 0.3) is 0 Å². The summed E-state index contributed by atoms with van der Waals surface area (Å²) in [7, 11) is 0. The average Bonchev–Trinajstić information content (AvgIpc) is 2.58. The van der Waals surface area contributed by atoms with Crippen LogP contribution in [0, 0.1) is 5.92 Å². The van der Waals surface area contributed by atoms with E-state index < -0.39 is 41.8 Å². The molecule has 12 nitrogen and oxygen atoms in total. The lowest BCUT2D eigenvalue weighted by atomic mass is 10.0. The van der Waals surface area contributed by atoms with Crippen LogP contribution in [0.3, 0.4) is 0 Å². The topological polar surface area (TPSA) is 215 Å². The molecule has 3 amide bonds. The van der Waals surface area contributed by atoms with E-state index in [4.69, 9.17) is 17.2 Å². The molecule has 12 heteroatoms. The van der Waals surface area contributed by atoms with Gasteiger partial charge in [-0.05, 0) is 25.7 Å². The van der Waals surface area contributed by atoms with Crippen LogP contribution in [0.4, 0.5) is 0 Å². The van der Waals surface area contributed by atoms with E-state index in [1.54, 1.807) is 13.8 Å². The number of carbonyl (C=O) groups excluding carboxylic acids is 3. The minimum absolute atomic E-state index is 0.102. The lowest BCUT2D eigenvalue weighted by Gasteiger charge is -2.23. The molecule has 10 N–H and O–H groups in total. The fraction of sp³-hybridized carbons (Fsp3) is 0.688. The molecular formula is C16H31N7O5. The van der Waals surface area contributed by atoms with Gasteiger partial charge in [0.2, 0.25) is 17.7 Å². The highest BCUT2D eigenvalue weighted by Gasteiger charge is 2.28. The van der Waals surface area contributed by atoms with Crippen molar-refractivity contribution >= 4 is 29.7 Å². The molecule has 0 aromatic rings. The zero-order chi connectivity index (χ0) is 21.9.